The lowest BCUT2D eigenvalue weighted by Crippen LogP contribution is -2.51. The monoisotopic (exact) mass is 543 g/mol. The highest BCUT2D eigenvalue weighted by atomic mass is 35.5. The van der Waals surface area contributed by atoms with Gasteiger partial charge < -0.3 is 9.47 Å². The Kier molecular flexibility index (Phi) is 5.78. The molecule has 0 unspecified atom stereocenters. The zero-order valence-electron chi connectivity index (χ0n) is 21.0. The number of carbonyl (C=O) groups is 5. The van der Waals surface area contributed by atoms with Gasteiger partial charge in [0.15, 0.2) is 0 Å². The Morgan fingerprint density at radius 1 is 0.949 bits per heavy atom. The van der Waals surface area contributed by atoms with E-state index in [0.29, 0.717) is 16.1 Å². The minimum atomic E-state index is -2.17. The summed E-state index contributed by atoms with van der Waals surface area (Å²) in [6, 6.07) is 17.2. The van der Waals surface area contributed by atoms with Crippen LogP contribution in [0.5, 0.6) is 0 Å². The van der Waals surface area contributed by atoms with Gasteiger partial charge in [-0.15, -0.1) is 0 Å². The van der Waals surface area contributed by atoms with Crippen molar-refractivity contribution >= 4 is 46.6 Å². The van der Waals surface area contributed by atoms with Crippen LogP contribution in [-0.2, 0) is 19.1 Å². The first-order valence-corrected chi connectivity index (χ1v) is 12.9. The van der Waals surface area contributed by atoms with E-state index < -0.39 is 52.9 Å². The average molecular weight is 544 g/mol. The van der Waals surface area contributed by atoms with Gasteiger partial charge in [-0.25, -0.2) is 9.69 Å². The molecule has 2 aliphatic heterocycles. The van der Waals surface area contributed by atoms with Crippen molar-refractivity contribution in [2.24, 2.45) is 11.8 Å². The summed E-state index contributed by atoms with van der Waals surface area (Å²) in [6.45, 7) is 3.67. The molecule has 3 atom stereocenters. The summed E-state index contributed by atoms with van der Waals surface area (Å²) in [5.74, 6) is -5.62. The van der Waals surface area contributed by atoms with Gasteiger partial charge in [-0.05, 0) is 55.3 Å². The normalized spacial score (nSPS) is 22.9. The summed E-state index contributed by atoms with van der Waals surface area (Å²) in [5, 5.41) is 0.501. The Bertz CT molecular complexity index is 1560. The molecule has 0 radical (unpaired) electrons. The molecule has 3 aromatic carbocycles. The van der Waals surface area contributed by atoms with Gasteiger partial charge in [0, 0.05) is 16.1 Å². The van der Waals surface area contributed by atoms with Crippen LogP contribution >= 0.6 is 11.6 Å². The van der Waals surface area contributed by atoms with Crippen molar-refractivity contribution in [3.8, 4) is 0 Å². The average Bonchev–Trinajstić information content (AvgIpc) is 3.50. The molecule has 1 spiro atoms. The number of rotatable bonds is 4. The largest absolute Gasteiger partial charge is 0.462 e. The van der Waals surface area contributed by atoms with Crippen molar-refractivity contribution in [1.29, 1.82) is 0 Å². The van der Waals surface area contributed by atoms with Crippen molar-refractivity contribution < 1.29 is 33.4 Å². The van der Waals surface area contributed by atoms with Gasteiger partial charge in [0.1, 0.15) is 0 Å². The molecule has 9 heteroatoms. The smallest absolute Gasteiger partial charge is 0.338 e. The number of hydrogen-bond donors (Lipinski definition) is 0. The second kappa shape index (κ2) is 8.97. The van der Waals surface area contributed by atoms with Crippen molar-refractivity contribution in [3.63, 3.8) is 0 Å². The second-order valence-electron chi connectivity index (χ2n) is 9.77. The molecule has 3 aromatic rings. The Hall–Kier alpha value is -4.14. The van der Waals surface area contributed by atoms with Crippen LogP contribution in [0.4, 0.5) is 5.69 Å². The van der Waals surface area contributed by atoms with Gasteiger partial charge in [-0.2, -0.15) is 0 Å². The number of anilines is 1. The van der Waals surface area contributed by atoms with Crippen LogP contribution in [0.2, 0.25) is 5.02 Å². The maximum Gasteiger partial charge on any atom is 0.338 e. The molecule has 2 amide bonds. The summed E-state index contributed by atoms with van der Waals surface area (Å²) in [6.07, 6.45) is -1.05. The zero-order valence-corrected chi connectivity index (χ0v) is 21.7. The maximum atomic E-state index is 14.0. The number of aryl methyl sites for hydroxylation is 1. The predicted molar refractivity (Wildman–Crippen MR) is 140 cm³/mol. The zero-order chi connectivity index (χ0) is 27.6. The van der Waals surface area contributed by atoms with E-state index in [0.717, 1.165) is 4.90 Å². The van der Waals surface area contributed by atoms with E-state index in [2.05, 4.69) is 0 Å². The van der Waals surface area contributed by atoms with E-state index >= 15 is 0 Å². The second-order valence-corrected chi connectivity index (χ2v) is 10.2. The number of ether oxygens (including phenoxy) is 2. The van der Waals surface area contributed by atoms with E-state index in [1.165, 1.54) is 36.4 Å². The first-order valence-electron chi connectivity index (χ1n) is 12.5. The van der Waals surface area contributed by atoms with Crippen LogP contribution in [0.3, 0.4) is 0 Å². The molecule has 0 bridgehead atoms. The Morgan fingerprint density at radius 3 is 2.18 bits per heavy atom. The third kappa shape index (κ3) is 3.45. The number of halogens is 1. The summed E-state index contributed by atoms with van der Waals surface area (Å²) in [7, 11) is 0. The van der Waals surface area contributed by atoms with Crippen LogP contribution in [0.25, 0.3) is 0 Å². The lowest BCUT2D eigenvalue weighted by molar-refractivity contribution is -0.127. The third-order valence-corrected chi connectivity index (χ3v) is 8.09. The molecule has 2 fully saturated rings. The van der Waals surface area contributed by atoms with Gasteiger partial charge in [0.05, 0.1) is 35.8 Å². The standard InChI is InChI=1S/C30H22ClNO7/c1-3-38-29(37)16-8-11-18(12-9-16)32-27(35)22-23(28(32)36)30(25(33)19-6-4-5-7-20(19)26(30)34)39-24(22)17-10-13-21(31)15(2)14-17/h4-14,22-24H,3H2,1-2H3/t22-,23-,24-/m0/s1. The molecule has 6 rings (SSSR count). The van der Waals surface area contributed by atoms with Gasteiger partial charge in [-0.1, -0.05) is 48.0 Å². The minimum Gasteiger partial charge on any atom is -0.462 e. The SMILES string of the molecule is CCOC(=O)c1ccc(N2C(=O)[C@H]3[C@@H](C2=O)C2(O[C@H]3c3ccc(Cl)c(C)c3)C(=O)c3ccccc3C2=O)cc1. The molecular weight excluding hydrogens is 522 g/mol. The van der Waals surface area contributed by atoms with E-state index in [1.807, 2.05) is 0 Å². The number of imide groups is 1. The van der Waals surface area contributed by atoms with Crippen LogP contribution < -0.4 is 4.90 Å². The summed E-state index contributed by atoms with van der Waals surface area (Å²) >= 11 is 6.22. The summed E-state index contributed by atoms with van der Waals surface area (Å²) < 4.78 is 11.3. The van der Waals surface area contributed by atoms with E-state index in [1.54, 1.807) is 44.2 Å². The fraction of sp³-hybridized carbons (Fsp3) is 0.233. The molecule has 2 heterocycles. The number of amides is 2. The highest BCUT2D eigenvalue weighted by Gasteiger charge is 2.74. The lowest BCUT2D eigenvalue weighted by atomic mass is 9.77. The van der Waals surface area contributed by atoms with Crippen molar-refractivity contribution in [3.05, 3.63) is 99.6 Å². The maximum absolute atomic E-state index is 14.0. The molecule has 0 N–H and O–H groups in total. The molecule has 0 saturated carbocycles. The van der Waals surface area contributed by atoms with Crippen LogP contribution in [0, 0.1) is 18.8 Å². The first-order chi connectivity index (χ1) is 18.7. The highest BCUT2D eigenvalue weighted by molar-refractivity contribution is 6.37. The third-order valence-electron chi connectivity index (χ3n) is 7.67. The number of nitrogens with zero attached hydrogens (tertiary/aromatic N) is 1. The molecule has 196 valence electrons. The molecule has 1 aliphatic carbocycles. The van der Waals surface area contributed by atoms with Gasteiger partial charge in [0.25, 0.3) is 0 Å². The van der Waals surface area contributed by atoms with Crippen LogP contribution in [0.15, 0.2) is 66.7 Å². The molecule has 8 nitrogen and oxygen atoms in total. The molecule has 2 saturated heterocycles. The topological polar surface area (TPSA) is 107 Å². The first kappa shape index (κ1) is 25.2. The van der Waals surface area contributed by atoms with Crippen LogP contribution in [0.1, 0.15) is 55.2 Å². The number of ketones is 2. The van der Waals surface area contributed by atoms with Crippen LogP contribution in [-0.4, -0.2) is 41.6 Å². The van der Waals surface area contributed by atoms with E-state index in [-0.39, 0.29) is 29.0 Å². The Morgan fingerprint density at radius 2 is 1.59 bits per heavy atom. The number of benzene rings is 3. The van der Waals surface area contributed by atoms with Crippen molar-refractivity contribution in [1.82, 2.24) is 0 Å². The fourth-order valence-electron chi connectivity index (χ4n) is 5.88. The Balaban J connectivity index is 1.48. The van der Waals surface area contributed by atoms with Gasteiger partial charge >= 0.3 is 5.97 Å². The molecule has 0 aromatic heterocycles. The van der Waals surface area contributed by atoms with Crippen molar-refractivity contribution in [2.45, 2.75) is 25.6 Å². The quantitative estimate of drug-likeness (QED) is 0.270. The summed E-state index contributed by atoms with van der Waals surface area (Å²) in [4.78, 5) is 68.8. The number of hydrogen-bond acceptors (Lipinski definition) is 7. The number of esters is 1. The van der Waals surface area contributed by atoms with Gasteiger partial charge in [-0.3, -0.25) is 19.2 Å². The van der Waals surface area contributed by atoms with E-state index in [4.69, 9.17) is 21.1 Å². The van der Waals surface area contributed by atoms with Crippen molar-refractivity contribution in [2.75, 3.05) is 11.5 Å². The molecular formula is C30H22ClNO7. The van der Waals surface area contributed by atoms with Gasteiger partial charge in [0.2, 0.25) is 29.0 Å². The highest BCUT2D eigenvalue weighted by Crippen LogP contribution is 2.57. The molecule has 3 aliphatic rings. The molecule has 39 heavy (non-hydrogen) atoms. The lowest BCUT2D eigenvalue weighted by Gasteiger charge is -2.27. The number of Topliss-reactive ketones (excluding diaryl/α,β-unsaturated/α-hetero) is 2. The summed E-state index contributed by atoms with van der Waals surface area (Å²) in [5.41, 5.74) is -0.140. The minimum absolute atomic E-state index is 0.159. The number of carbonyl (C=O) groups excluding carboxylic acids is 5. The predicted octanol–water partition coefficient (Wildman–Crippen LogP) is 4.52. The van der Waals surface area contributed by atoms with E-state index in [9.17, 15) is 24.0 Å². The fourth-order valence-corrected chi connectivity index (χ4v) is 6.00. The Labute approximate surface area is 228 Å². The number of fused-ring (bicyclic) bond motifs is 3.